The quantitative estimate of drug-likeness (QED) is 0.243. The highest BCUT2D eigenvalue weighted by Gasteiger charge is 2.43. The van der Waals surface area contributed by atoms with Crippen LogP contribution >= 0.6 is 0 Å². The first-order valence-electron chi connectivity index (χ1n) is 13.4. The van der Waals surface area contributed by atoms with Crippen LogP contribution < -0.4 is 15.4 Å². The van der Waals surface area contributed by atoms with Crippen LogP contribution in [0.25, 0.3) is 0 Å². The molecule has 0 aromatic heterocycles. The topological polar surface area (TPSA) is 77.1 Å². The molecule has 4 rings (SSSR count). The summed E-state index contributed by atoms with van der Waals surface area (Å²) in [6, 6.07) is 2.88. The molecule has 1 unspecified atom stereocenters. The maximum Gasteiger partial charge on any atom is 0.401 e. The van der Waals surface area contributed by atoms with Crippen molar-refractivity contribution in [1.29, 1.82) is 0 Å². The molecule has 42 heavy (non-hydrogen) atoms. The molecular weight excluding hydrogens is 561 g/mol. The number of hydrogen-bond acceptors (Lipinski definition) is 7. The van der Waals surface area contributed by atoms with E-state index in [0.29, 0.717) is 30.9 Å². The van der Waals surface area contributed by atoms with Crippen LogP contribution in [-0.4, -0.2) is 92.7 Å². The molecule has 228 valence electrons. The standard InChI is InChI=1S/C29H34F5N5O3/c1-17-10-21-20(7-8-24(35-2)28(21)42-16-40)27(39(17)15-29(32,33)34)26-22(30)11-18(12-23(26)31)36-19-13-38(14-19)9-5-6-25(41)37(3)4/h5-8,11-12,16-17,19,27,35-36H,9-10,13-15H2,1-4H3/b6-5+/t17-,27?/m1/s1. The van der Waals surface area contributed by atoms with Gasteiger partial charge in [0, 0.05) is 69.7 Å². The molecule has 2 aliphatic rings. The molecule has 0 aliphatic carbocycles. The van der Waals surface area contributed by atoms with Crippen molar-refractivity contribution in [2.75, 3.05) is 58.0 Å². The van der Waals surface area contributed by atoms with E-state index in [-0.39, 0.29) is 41.8 Å². The van der Waals surface area contributed by atoms with Gasteiger partial charge in [0.15, 0.2) is 5.75 Å². The molecule has 13 heteroatoms. The predicted octanol–water partition coefficient (Wildman–Crippen LogP) is 4.18. The normalized spacial score (nSPS) is 19.7. The summed E-state index contributed by atoms with van der Waals surface area (Å²) in [6.45, 7) is 2.05. The monoisotopic (exact) mass is 595 g/mol. The molecular formula is C29H34F5N5O3. The van der Waals surface area contributed by atoms with Crippen molar-refractivity contribution in [3.05, 3.63) is 64.7 Å². The number of fused-ring (bicyclic) bond motifs is 1. The first kappa shape index (κ1) is 31.2. The summed E-state index contributed by atoms with van der Waals surface area (Å²) < 4.78 is 77.7. The highest BCUT2D eigenvalue weighted by Crippen LogP contribution is 2.46. The van der Waals surface area contributed by atoms with Crippen LogP contribution in [-0.2, 0) is 16.0 Å². The molecule has 2 heterocycles. The van der Waals surface area contributed by atoms with Gasteiger partial charge in [0.1, 0.15) is 11.6 Å². The molecule has 0 spiro atoms. The number of benzene rings is 2. The summed E-state index contributed by atoms with van der Waals surface area (Å²) in [5, 5.41) is 5.95. The van der Waals surface area contributed by atoms with Gasteiger partial charge in [0.2, 0.25) is 5.91 Å². The Bertz CT molecular complexity index is 1320. The number of carbonyl (C=O) groups is 2. The van der Waals surface area contributed by atoms with Crippen LogP contribution in [0.5, 0.6) is 5.75 Å². The minimum Gasteiger partial charge on any atom is -0.426 e. The molecule has 2 aromatic carbocycles. The number of rotatable bonds is 10. The third-order valence-corrected chi connectivity index (χ3v) is 7.53. The van der Waals surface area contributed by atoms with Gasteiger partial charge < -0.3 is 20.3 Å². The highest BCUT2D eigenvalue weighted by molar-refractivity contribution is 5.87. The summed E-state index contributed by atoms with van der Waals surface area (Å²) in [5.74, 6) is -2.00. The minimum absolute atomic E-state index is 0.0696. The van der Waals surface area contributed by atoms with Gasteiger partial charge in [-0.3, -0.25) is 19.4 Å². The van der Waals surface area contributed by atoms with Gasteiger partial charge in [-0.1, -0.05) is 12.1 Å². The van der Waals surface area contributed by atoms with Crippen LogP contribution in [0.2, 0.25) is 0 Å². The Morgan fingerprint density at radius 2 is 1.83 bits per heavy atom. The lowest BCUT2D eigenvalue weighted by atomic mass is 9.83. The number of hydrogen-bond donors (Lipinski definition) is 2. The number of amides is 1. The lowest BCUT2D eigenvalue weighted by Crippen LogP contribution is -2.54. The second-order valence-electron chi connectivity index (χ2n) is 10.8. The molecule has 0 radical (unpaired) electrons. The summed E-state index contributed by atoms with van der Waals surface area (Å²) in [4.78, 5) is 27.4. The van der Waals surface area contributed by atoms with Gasteiger partial charge >= 0.3 is 6.18 Å². The van der Waals surface area contributed by atoms with E-state index in [1.54, 1.807) is 27.2 Å². The first-order chi connectivity index (χ1) is 19.8. The van der Waals surface area contributed by atoms with Gasteiger partial charge in [-0.15, -0.1) is 0 Å². The molecule has 1 fully saturated rings. The van der Waals surface area contributed by atoms with Crippen molar-refractivity contribution in [1.82, 2.24) is 14.7 Å². The fourth-order valence-electron chi connectivity index (χ4n) is 5.54. The fraction of sp³-hybridized carbons (Fsp3) is 0.448. The Kier molecular flexibility index (Phi) is 9.41. The molecule has 8 nitrogen and oxygen atoms in total. The van der Waals surface area contributed by atoms with Crippen molar-refractivity contribution in [2.45, 2.75) is 37.6 Å². The maximum absolute atomic E-state index is 15.7. The van der Waals surface area contributed by atoms with E-state index in [1.807, 2.05) is 4.90 Å². The minimum atomic E-state index is -4.63. The lowest BCUT2D eigenvalue weighted by molar-refractivity contribution is -0.155. The Morgan fingerprint density at radius 1 is 1.17 bits per heavy atom. The highest BCUT2D eigenvalue weighted by atomic mass is 19.4. The number of nitrogens with one attached hydrogen (secondary N) is 2. The number of likely N-dealkylation sites (N-methyl/N-ethyl adjacent to an activating group) is 1. The van der Waals surface area contributed by atoms with E-state index in [1.165, 1.54) is 30.0 Å². The van der Waals surface area contributed by atoms with Crippen molar-refractivity contribution >= 4 is 23.8 Å². The van der Waals surface area contributed by atoms with Crippen LogP contribution in [0.1, 0.15) is 29.7 Å². The summed E-state index contributed by atoms with van der Waals surface area (Å²) in [7, 11) is 4.90. The van der Waals surface area contributed by atoms with Crippen molar-refractivity contribution < 1.29 is 36.3 Å². The van der Waals surface area contributed by atoms with E-state index in [9.17, 15) is 22.8 Å². The third-order valence-electron chi connectivity index (χ3n) is 7.53. The molecule has 0 saturated carbocycles. The van der Waals surface area contributed by atoms with E-state index < -0.39 is 42.0 Å². The van der Waals surface area contributed by atoms with Crippen LogP contribution in [0.3, 0.4) is 0 Å². The first-order valence-corrected chi connectivity index (χ1v) is 13.4. The van der Waals surface area contributed by atoms with Crippen molar-refractivity contribution in [2.24, 2.45) is 0 Å². The van der Waals surface area contributed by atoms with Gasteiger partial charge in [-0.05, 0) is 37.1 Å². The average Bonchev–Trinajstić information content (AvgIpc) is 2.88. The SMILES string of the molecule is CNc1ccc2c(c1OC=O)C[C@@H](C)N(CC(F)(F)F)C2c1c(F)cc(NC2CN(C/C=C/C(=O)N(C)C)C2)cc1F. The summed E-state index contributed by atoms with van der Waals surface area (Å²) in [5.41, 5.74) is 0.700. The van der Waals surface area contributed by atoms with Gasteiger partial charge in [0.25, 0.3) is 6.47 Å². The average molecular weight is 596 g/mol. The maximum atomic E-state index is 15.7. The second kappa shape index (κ2) is 12.7. The van der Waals surface area contributed by atoms with Crippen molar-refractivity contribution in [3.63, 3.8) is 0 Å². The van der Waals surface area contributed by atoms with E-state index in [0.717, 1.165) is 17.0 Å². The largest absolute Gasteiger partial charge is 0.426 e. The number of alkyl halides is 3. The molecule has 2 N–H and O–H groups in total. The summed E-state index contributed by atoms with van der Waals surface area (Å²) in [6.07, 6.45) is -1.34. The molecule has 1 amide bonds. The Morgan fingerprint density at radius 3 is 2.40 bits per heavy atom. The van der Waals surface area contributed by atoms with Gasteiger partial charge in [-0.2, -0.15) is 13.2 Å². The molecule has 2 atom stereocenters. The Balaban J connectivity index is 1.61. The van der Waals surface area contributed by atoms with E-state index in [2.05, 4.69) is 10.6 Å². The summed E-state index contributed by atoms with van der Waals surface area (Å²) >= 11 is 0. The van der Waals surface area contributed by atoms with Crippen molar-refractivity contribution in [3.8, 4) is 5.75 Å². The number of carbonyl (C=O) groups excluding carboxylic acids is 2. The molecule has 2 aromatic rings. The second-order valence-corrected chi connectivity index (χ2v) is 10.8. The zero-order valence-electron chi connectivity index (χ0n) is 23.8. The fourth-order valence-corrected chi connectivity index (χ4v) is 5.54. The van der Waals surface area contributed by atoms with Gasteiger partial charge in [0.05, 0.1) is 24.3 Å². The van der Waals surface area contributed by atoms with Crippen LogP contribution in [0.15, 0.2) is 36.4 Å². The van der Waals surface area contributed by atoms with Gasteiger partial charge in [-0.25, -0.2) is 8.78 Å². The lowest BCUT2D eigenvalue weighted by Gasteiger charge is -2.43. The Hall–Kier alpha value is -3.71. The zero-order valence-corrected chi connectivity index (χ0v) is 23.8. The van der Waals surface area contributed by atoms with E-state index in [4.69, 9.17) is 4.74 Å². The predicted molar refractivity (Wildman–Crippen MR) is 148 cm³/mol. The third kappa shape index (κ3) is 6.84. The van der Waals surface area contributed by atoms with Crippen LogP contribution in [0, 0.1) is 11.6 Å². The molecule has 2 aliphatic heterocycles. The smallest absolute Gasteiger partial charge is 0.401 e. The van der Waals surface area contributed by atoms with E-state index >= 15 is 8.78 Å². The number of ether oxygens (including phenoxy) is 1. The molecule has 0 bridgehead atoms. The zero-order chi connectivity index (χ0) is 30.8. The molecule has 1 saturated heterocycles. The number of nitrogens with zero attached hydrogens (tertiary/aromatic N) is 3. The van der Waals surface area contributed by atoms with Crippen LogP contribution in [0.4, 0.5) is 33.3 Å². The number of likely N-dealkylation sites (tertiary alicyclic amines) is 1. The Labute approximate surface area is 241 Å². The number of halogens is 5. The number of anilines is 2.